The molecule has 0 aliphatic rings. The predicted molar refractivity (Wildman–Crippen MR) is 75.5 cm³/mol. The van der Waals surface area contributed by atoms with Crippen LogP contribution in [0.3, 0.4) is 0 Å². The quantitative estimate of drug-likeness (QED) is 0.839. The molecule has 0 saturated carbocycles. The van der Waals surface area contributed by atoms with Crippen molar-refractivity contribution in [2.24, 2.45) is 0 Å². The van der Waals surface area contributed by atoms with E-state index in [1.54, 1.807) is 12.3 Å². The summed E-state index contributed by atoms with van der Waals surface area (Å²) in [5.74, 6) is 0. The molecule has 1 heterocycles. The largest absolute Gasteiger partial charge is 0.398 e. The molecule has 0 amide bonds. The first-order valence-corrected chi connectivity index (χ1v) is 7.75. The molecule has 3 N–H and O–H groups in total. The van der Waals surface area contributed by atoms with Gasteiger partial charge >= 0.3 is 0 Å². The van der Waals surface area contributed by atoms with Gasteiger partial charge in [-0.15, -0.1) is 0 Å². The van der Waals surface area contributed by atoms with E-state index in [2.05, 4.69) is 9.71 Å². The van der Waals surface area contributed by atoms with Crippen LogP contribution in [0.2, 0.25) is 0 Å². The van der Waals surface area contributed by atoms with Crippen LogP contribution in [0.5, 0.6) is 0 Å². The summed E-state index contributed by atoms with van der Waals surface area (Å²) in [5.41, 5.74) is 6.29. The summed E-state index contributed by atoms with van der Waals surface area (Å²) in [5, 5.41) is 0.804. The molecule has 7 heteroatoms. The molecular formula is C12H13N3O2S2. The molecular weight excluding hydrogens is 282 g/mol. The molecule has 5 nitrogen and oxygen atoms in total. The van der Waals surface area contributed by atoms with Gasteiger partial charge in [-0.25, -0.2) is 18.1 Å². The molecule has 100 valence electrons. The first-order chi connectivity index (χ1) is 9.03. The van der Waals surface area contributed by atoms with Gasteiger partial charge < -0.3 is 5.73 Å². The van der Waals surface area contributed by atoms with Crippen LogP contribution >= 0.6 is 11.8 Å². The number of aromatic nitrogens is 1. The maximum absolute atomic E-state index is 11.6. The first kappa shape index (κ1) is 13.9. The number of pyridine rings is 1. The number of benzene rings is 1. The van der Waals surface area contributed by atoms with E-state index >= 15 is 0 Å². The Hall–Kier alpha value is -1.57. The maximum atomic E-state index is 11.6. The summed E-state index contributed by atoms with van der Waals surface area (Å²) in [6.07, 6.45) is 1.69. The Morgan fingerprint density at radius 3 is 2.63 bits per heavy atom. The molecule has 0 saturated heterocycles. The third-order valence-electron chi connectivity index (χ3n) is 2.41. The van der Waals surface area contributed by atoms with Gasteiger partial charge in [-0.05, 0) is 37.4 Å². The highest BCUT2D eigenvalue weighted by Crippen LogP contribution is 2.31. The minimum Gasteiger partial charge on any atom is -0.398 e. The van der Waals surface area contributed by atoms with Crippen LogP contribution in [0.4, 0.5) is 5.69 Å². The van der Waals surface area contributed by atoms with Gasteiger partial charge in [-0.2, -0.15) is 0 Å². The van der Waals surface area contributed by atoms with Crippen LogP contribution in [-0.4, -0.2) is 20.4 Å². The number of nitrogen functional groups attached to an aromatic ring is 1. The summed E-state index contributed by atoms with van der Waals surface area (Å²) >= 11 is 1.39. The van der Waals surface area contributed by atoms with Gasteiger partial charge in [-0.1, -0.05) is 17.8 Å². The van der Waals surface area contributed by atoms with Gasteiger partial charge in [0, 0.05) is 16.8 Å². The van der Waals surface area contributed by atoms with E-state index in [0.717, 1.165) is 9.92 Å². The van der Waals surface area contributed by atoms with E-state index in [-0.39, 0.29) is 4.90 Å². The number of nitrogens with zero attached hydrogens (tertiary/aromatic N) is 1. The topological polar surface area (TPSA) is 85.1 Å². The Morgan fingerprint density at radius 1 is 1.26 bits per heavy atom. The van der Waals surface area contributed by atoms with E-state index in [1.165, 1.54) is 30.9 Å². The number of anilines is 1. The fraction of sp³-hybridized carbons (Fsp3) is 0.0833. The van der Waals surface area contributed by atoms with Crippen molar-refractivity contribution in [1.82, 2.24) is 9.71 Å². The number of nitrogens with one attached hydrogen (secondary N) is 1. The average Bonchev–Trinajstić information content (AvgIpc) is 2.42. The molecule has 19 heavy (non-hydrogen) atoms. The molecule has 2 aromatic rings. The number of nitrogens with two attached hydrogens (primary N) is 1. The van der Waals surface area contributed by atoms with Crippen molar-refractivity contribution >= 4 is 27.5 Å². The fourth-order valence-corrected chi connectivity index (χ4v) is 2.99. The molecule has 0 radical (unpaired) electrons. The normalized spacial score (nSPS) is 11.4. The van der Waals surface area contributed by atoms with Gasteiger partial charge in [0.05, 0.1) is 4.90 Å². The highest BCUT2D eigenvalue weighted by molar-refractivity contribution is 7.99. The molecule has 0 aliphatic carbocycles. The summed E-state index contributed by atoms with van der Waals surface area (Å²) < 4.78 is 25.5. The van der Waals surface area contributed by atoms with Crippen LogP contribution in [0.1, 0.15) is 0 Å². The van der Waals surface area contributed by atoms with Crippen molar-refractivity contribution in [3.8, 4) is 0 Å². The molecule has 0 bridgehead atoms. The third kappa shape index (κ3) is 3.25. The molecule has 0 aliphatic heterocycles. The van der Waals surface area contributed by atoms with Crippen molar-refractivity contribution in [2.75, 3.05) is 12.8 Å². The maximum Gasteiger partial charge on any atom is 0.240 e. The highest BCUT2D eigenvalue weighted by atomic mass is 32.2. The van der Waals surface area contributed by atoms with Crippen molar-refractivity contribution in [2.45, 2.75) is 14.8 Å². The SMILES string of the molecule is CNS(=O)(=O)c1ccc(Sc2ccccn2)c(N)c1. The summed E-state index contributed by atoms with van der Waals surface area (Å²) in [6.45, 7) is 0. The van der Waals surface area contributed by atoms with E-state index in [4.69, 9.17) is 5.73 Å². The van der Waals surface area contributed by atoms with E-state index in [1.807, 2.05) is 18.2 Å². The van der Waals surface area contributed by atoms with Crippen LogP contribution in [0.15, 0.2) is 57.4 Å². The molecule has 1 aromatic heterocycles. The van der Waals surface area contributed by atoms with Gasteiger partial charge in [0.15, 0.2) is 0 Å². The number of hydrogen-bond donors (Lipinski definition) is 2. The second-order valence-electron chi connectivity index (χ2n) is 3.68. The zero-order valence-electron chi connectivity index (χ0n) is 10.2. The van der Waals surface area contributed by atoms with Gasteiger partial charge in [0.25, 0.3) is 0 Å². The minimum atomic E-state index is -3.47. The van der Waals surface area contributed by atoms with Crippen molar-refractivity contribution in [3.63, 3.8) is 0 Å². The summed E-state index contributed by atoms with van der Waals surface area (Å²) in [4.78, 5) is 5.10. The molecule has 0 atom stereocenters. The van der Waals surface area contributed by atoms with Gasteiger partial charge in [0.2, 0.25) is 10.0 Å². The second kappa shape index (κ2) is 5.60. The van der Waals surface area contributed by atoms with Crippen molar-refractivity contribution in [3.05, 3.63) is 42.6 Å². The Bertz CT molecular complexity index is 673. The zero-order chi connectivity index (χ0) is 13.9. The van der Waals surface area contributed by atoms with E-state index in [9.17, 15) is 8.42 Å². The first-order valence-electron chi connectivity index (χ1n) is 5.45. The molecule has 0 spiro atoms. The van der Waals surface area contributed by atoms with Crippen LogP contribution < -0.4 is 10.5 Å². The lowest BCUT2D eigenvalue weighted by atomic mass is 10.3. The minimum absolute atomic E-state index is 0.151. The second-order valence-corrected chi connectivity index (χ2v) is 6.63. The van der Waals surface area contributed by atoms with Crippen LogP contribution in [-0.2, 0) is 10.0 Å². The lowest BCUT2D eigenvalue weighted by Gasteiger charge is -2.07. The Kier molecular flexibility index (Phi) is 4.08. The molecule has 0 fully saturated rings. The summed E-state index contributed by atoms with van der Waals surface area (Å²) in [7, 11) is -2.10. The molecule has 1 aromatic carbocycles. The number of hydrogen-bond acceptors (Lipinski definition) is 5. The third-order valence-corrected chi connectivity index (χ3v) is 4.87. The lowest BCUT2D eigenvalue weighted by Crippen LogP contribution is -2.18. The van der Waals surface area contributed by atoms with Crippen LogP contribution in [0.25, 0.3) is 0 Å². The molecule has 0 unspecified atom stereocenters. The number of sulfonamides is 1. The predicted octanol–water partition coefficient (Wildman–Crippen LogP) is 1.72. The standard InChI is InChI=1S/C12H13N3O2S2/c1-14-19(16,17)9-5-6-11(10(13)8-9)18-12-4-2-3-7-15-12/h2-8,14H,13H2,1H3. The van der Waals surface area contributed by atoms with Gasteiger partial charge in [-0.3, -0.25) is 0 Å². The van der Waals surface area contributed by atoms with Crippen LogP contribution in [0, 0.1) is 0 Å². The monoisotopic (exact) mass is 295 g/mol. The molecule has 2 rings (SSSR count). The van der Waals surface area contributed by atoms with E-state index < -0.39 is 10.0 Å². The average molecular weight is 295 g/mol. The zero-order valence-corrected chi connectivity index (χ0v) is 11.8. The van der Waals surface area contributed by atoms with Crippen molar-refractivity contribution < 1.29 is 8.42 Å². The van der Waals surface area contributed by atoms with E-state index in [0.29, 0.717) is 5.69 Å². The lowest BCUT2D eigenvalue weighted by molar-refractivity contribution is 0.588. The Morgan fingerprint density at radius 2 is 2.05 bits per heavy atom. The number of rotatable bonds is 4. The van der Waals surface area contributed by atoms with Crippen molar-refractivity contribution in [1.29, 1.82) is 0 Å². The highest BCUT2D eigenvalue weighted by Gasteiger charge is 2.13. The Balaban J connectivity index is 2.31. The summed E-state index contributed by atoms with van der Waals surface area (Å²) in [6, 6.07) is 10.2. The van der Waals surface area contributed by atoms with Gasteiger partial charge in [0.1, 0.15) is 5.03 Å². The smallest absolute Gasteiger partial charge is 0.240 e. The fourth-order valence-electron chi connectivity index (χ4n) is 1.42. The Labute approximate surface area is 116 Å².